The fraction of sp³-hybridized carbons (Fsp3) is 0. The van der Waals surface area contributed by atoms with E-state index in [1.54, 1.807) is 12.1 Å². The molecule has 0 saturated carbocycles. The molecule has 1 N–H and O–H groups in total. The highest BCUT2D eigenvalue weighted by molar-refractivity contribution is 5.79. The minimum Gasteiger partial charge on any atom is -0.507 e. The molecule has 0 aliphatic carbocycles. The van der Waals surface area contributed by atoms with Crippen LogP contribution in [0.4, 0.5) is 0 Å². The number of hydrogen-bond donors (Lipinski definition) is 1. The van der Waals surface area contributed by atoms with Gasteiger partial charge in [-0.1, -0.05) is 115 Å². The molecule has 5 nitrogen and oxygen atoms in total. The van der Waals surface area contributed by atoms with Crippen molar-refractivity contribution in [3.63, 3.8) is 0 Å². The lowest BCUT2D eigenvalue weighted by molar-refractivity contribution is 0.112. The van der Waals surface area contributed by atoms with Crippen LogP contribution in [0.15, 0.2) is 127 Å². The zero-order chi connectivity index (χ0) is 26.6. The van der Waals surface area contributed by atoms with Gasteiger partial charge in [0.15, 0.2) is 17.5 Å². The van der Waals surface area contributed by atoms with Crippen LogP contribution in [0, 0.1) is 0 Å². The Labute approximate surface area is 226 Å². The Morgan fingerprint density at radius 2 is 0.872 bits per heavy atom. The maximum Gasteiger partial charge on any atom is 0.167 e. The van der Waals surface area contributed by atoms with Crippen LogP contribution in [0.1, 0.15) is 10.4 Å². The summed E-state index contributed by atoms with van der Waals surface area (Å²) in [6, 6.07) is 41.1. The molecule has 0 aliphatic rings. The van der Waals surface area contributed by atoms with Crippen molar-refractivity contribution in [3.05, 3.63) is 133 Å². The number of rotatable bonds is 6. The van der Waals surface area contributed by atoms with Crippen molar-refractivity contribution in [2.75, 3.05) is 0 Å². The summed E-state index contributed by atoms with van der Waals surface area (Å²) in [5.74, 6) is 1.23. The first-order valence-corrected chi connectivity index (χ1v) is 12.5. The van der Waals surface area contributed by atoms with Crippen molar-refractivity contribution < 1.29 is 9.90 Å². The fourth-order valence-corrected chi connectivity index (χ4v) is 4.45. The Balaban J connectivity index is 1.44. The molecule has 0 aliphatic heterocycles. The second kappa shape index (κ2) is 10.5. The summed E-state index contributed by atoms with van der Waals surface area (Å²) in [4.78, 5) is 25.4. The van der Waals surface area contributed by atoms with E-state index in [2.05, 4.69) is 24.3 Å². The van der Waals surface area contributed by atoms with E-state index in [9.17, 15) is 9.90 Å². The van der Waals surface area contributed by atoms with Gasteiger partial charge in [0.25, 0.3) is 0 Å². The fourth-order valence-electron chi connectivity index (χ4n) is 4.45. The molecule has 6 aromatic rings. The number of phenolic OH excluding ortho intramolecular Hbond substituents is 1. The van der Waals surface area contributed by atoms with Crippen molar-refractivity contribution >= 4 is 6.29 Å². The number of carbonyl (C=O) groups is 1. The number of aldehydes is 1. The number of hydrogen-bond acceptors (Lipinski definition) is 5. The topological polar surface area (TPSA) is 76.0 Å². The molecule has 0 unspecified atom stereocenters. The smallest absolute Gasteiger partial charge is 0.167 e. The highest BCUT2D eigenvalue weighted by Gasteiger charge is 2.15. The van der Waals surface area contributed by atoms with E-state index in [1.807, 2.05) is 84.9 Å². The van der Waals surface area contributed by atoms with Crippen LogP contribution in [0.3, 0.4) is 0 Å². The summed E-state index contributed by atoms with van der Waals surface area (Å²) in [5, 5.41) is 10.7. The summed E-state index contributed by atoms with van der Waals surface area (Å²) in [7, 11) is 0. The zero-order valence-corrected chi connectivity index (χ0v) is 20.9. The highest BCUT2D eigenvalue weighted by atomic mass is 16.3. The number of aromatic nitrogens is 3. The number of aromatic hydroxyl groups is 1. The molecular weight excluding hydrogens is 482 g/mol. The van der Waals surface area contributed by atoms with Gasteiger partial charge < -0.3 is 5.11 Å². The number of phenols is 1. The molecule has 0 fully saturated rings. The lowest BCUT2D eigenvalue weighted by atomic mass is 10.0. The van der Waals surface area contributed by atoms with Crippen molar-refractivity contribution in [1.29, 1.82) is 0 Å². The predicted octanol–water partition coefficient (Wildman–Crippen LogP) is 7.72. The van der Waals surface area contributed by atoms with Gasteiger partial charge >= 0.3 is 0 Å². The third kappa shape index (κ3) is 5.06. The van der Waals surface area contributed by atoms with Gasteiger partial charge in [-0.15, -0.1) is 0 Å². The van der Waals surface area contributed by atoms with Gasteiger partial charge in [-0.25, -0.2) is 15.0 Å². The maximum atomic E-state index is 11.2. The summed E-state index contributed by atoms with van der Waals surface area (Å²) < 4.78 is 0. The van der Waals surface area contributed by atoms with Crippen molar-refractivity contribution in [2.24, 2.45) is 0 Å². The van der Waals surface area contributed by atoms with Gasteiger partial charge in [-0.05, 0) is 34.4 Å². The summed E-state index contributed by atoms with van der Waals surface area (Å²) >= 11 is 0. The molecule has 1 aromatic heterocycles. The van der Waals surface area contributed by atoms with E-state index in [4.69, 9.17) is 15.0 Å². The van der Waals surface area contributed by atoms with Gasteiger partial charge in [0.1, 0.15) is 12.0 Å². The summed E-state index contributed by atoms with van der Waals surface area (Å²) in [5.41, 5.74) is 6.87. The van der Waals surface area contributed by atoms with E-state index in [0.717, 1.165) is 33.4 Å². The normalized spacial score (nSPS) is 10.8. The Morgan fingerprint density at radius 1 is 0.462 bits per heavy atom. The molecule has 0 spiro atoms. The summed E-state index contributed by atoms with van der Waals surface area (Å²) in [6.45, 7) is 0. The predicted molar refractivity (Wildman–Crippen MR) is 154 cm³/mol. The van der Waals surface area contributed by atoms with Gasteiger partial charge in [-0.3, -0.25) is 4.79 Å². The first-order valence-electron chi connectivity index (χ1n) is 12.5. The van der Waals surface area contributed by atoms with Gasteiger partial charge in [0, 0.05) is 16.7 Å². The van der Waals surface area contributed by atoms with Crippen molar-refractivity contribution in [2.45, 2.75) is 0 Å². The third-order valence-electron chi connectivity index (χ3n) is 6.53. The second-order valence-electron chi connectivity index (χ2n) is 9.09. The van der Waals surface area contributed by atoms with Crippen molar-refractivity contribution in [3.8, 4) is 62.2 Å². The Kier molecular flexibility index (Phi) is 6.46. The zero-order valence-electron chi connectivity index (χ0n) is 20.9. The number of benzene rings is 5. The van der Waals surface area contributed by atoms with Crippen LogP contribution in [0.2, 0.25) is 0 Å². The monoisotopic (exact) mass is 505 g/mol. The third-order valence-corrected chi connectivity index (χ3v) is 6.53. The molecule has 0 bridgehead atoms. The number of nitrogens with zero attached hydrogens (tertiary/aromatic N) is 3. The standard InChI is InChI=1S/C34H23N3O2/c38-22-23-11-20-30(31(39)21-23)34-36-32(28-16-12-26(13-17-28)24-7-3-1-4-8-24)35-33(37-34)29-18-14-27(15-19-29)25-9-5-2-6-10-25/h1-22,39H. The lowest BCUT2D eigenvalue weighted by Crippen LogP contribution is -2.00. The Morgan fingerprint density at radius 3 is 1.31 bits per heavy atom. The molecule has 0 atom stereocenters. The van der Waals surface area contributed by atoms with E-state index in [1.165, 1.54) is 6.07 Å². The maximum absolute atomic E-state index is 11.2. The lowest BCUT2D eigenvalue weighted by Gasteiger charge is -2.11. The van der Waals surface area contributed by atoms with E-state index in [-0.39, 0.29) is 5.75 Å². The van der Waals surface area contributed by atoms with Crippen LogP contribution in [0.5, 0.6) is 5.75 Å². The quantitative estimate of drug-likeness (QED) is 0.235. The van der Waals surface area contributed by atoms with Crippen LogP contribution in [0.25, 0.3) is 56.4 Å². The van der Waals surface area contributed by atoms with Crippen LogP contribution >= 0.6 is 0 Å². The van der Waals surface area contributed by atoms with Crippen LogP contribution in [-0.2, 0) is 0 Å². The average Bonchev–Trinajstić information content (AvgIpc) is 3.02. The molecular formula is C34H23N3O2. The Hall–Kier alpha value is -5.42. The van der Waals surface area contributed by atoms with Crippen LogP contribution in [-0.4, -0.2) is 26.3 Å². The molecule has 1 heterocycles. The molecule has 5 heteroatoms. The molecule has 6 rings (SSSR count). The molecule has 0 radical (unpaired) electrons. The minimum absolute atomic E-state index is 0.0680. The molecule has 0 saturated heterocycles. The van der Waals surface area contributed by atoms with Crippen LogP contribution < -0.4 is 0 Å². The second-order valence-corrected chi connectivity index (χ2v) is 9.09. The summed E-state index contributed by atoms with van der Waals surface area (Å²) in [6.07, 6.45) is 0.691. The van der Waals surface area contributed by atoms with E-state index < -0.39 is 0 Å². The highest BCUT2D eigenvalue weighted by Crippen LogP contribution is 2.32. The molecule has 5 aromatic carbocycles. The first-order chi connectivity index (χ1) is 19.2. The first kappa shape index (κ1) is 23.9. The number of carbonyl (C=O) groups excluding carboxylic acids is 1. The SMILES string of the molecule is O=Cc1ccc(-c2nc(-c3ccc(-c4ccccc4)cc3)nc(-c3ccc(-c4ccccc4)cc3)n2)c(O)c1. The average molecular weight is 506 g/mol. The van der Waals surface area contributed by atoms with E-state index >= 15 is 0 Å². The molecule has 39 heavy (non-hydrogen) atoms. The van der Waals surface area contributed by atoms with Gasteiger partial charge in [0.2, 0.25) is 0 Å². The minimum atomic E-state index is -0.0680. The van der Waals surface area contributed by atoms with Gasteiger partial charge in [-0.2, -0.15) is 0 Å². The largest absolute Gasteiger partial charge is 0.507 e. The Bertz CT molecular complexity index is 1650. The molecule has 0 amide bonds. The molecule has 186 valence electrons. The van der Waals surface area contributed by atoms with Gasteiger partial charge in [0.05, 0.1) is 5.56 Å². The van der Waals surface area contributed by atoms with E-state index in [0.29, 0.717) is 34.9 Å². The van der Waals surface area contributed by atoms with Crippen molar-refractivity contribution in [1.82, 2.24) is 15.0 Å².